The molecule has 0 aromatic rings. The van der Waals surface area contributed by atoms with E-state index in [1.807, 2.05) is 0 Å². The van der Waals surface area contributed by atoms with E-state index >= 15 is 0 Å². The van der Waals surface area contributed by atoms with Gasteiger partial charge in [0.2, 0.25) is 11.8 Å². The molecule has 6 nitrogen and oxygen atoms in total. The number of carboxylic acid groups (broad SMARTS) is 1. The fourth-order valence-corrected chi connectivity index (χ4v) is 2.57. The molecule has 1 fully saturated rings. The number of aliphatic carboxylic acids is 1. The molecule has 0 saturated carbocycles. The normalized spacial score (nSPS) is 21.5. The van der Waals surface area contributed by atoms with Crippen LogP contribution in [0.25, 0.3) is 0 Å². The monoisotopic (exact) mass is 284 g/mol. The van der Waals surface area contributed by atoms with E-state index in [0.29, 0.717) is 24.8 Å². The maximum absolute atomic E-state index is 12.0. The number of carboxylic acids is 1. The smallest absolute Gasteiger partial charge is 0.328 e. The summed E-state index contributed by atoms with van der Waals surface area (Å²) in [5, 5.41) is 11.5. The van der Waals surface area contributed by atoms with Gasteiger partial charge in [-0.05, 0) is 24.7 Å². The van der Waals surface area contributed by atoms with Crippen molar-refractivity contribution in [3.8, 4) is 0 Å². The van der Waals surface area contributed by atoms with Crippen LogP contribution in [0.3, 0.4) is 0 Å². The Balaban J connectivity index is 2.66. The summed E-state index contributed by atoms with van der Waals surface area (Å²) in [6.45, 7) is 6.16. The van der Waals surface area contributed by atoms with Crippen LogP contribution in [0.5, 0.6) is 0 Å². The molecular weight excluding hydrogens is 260 g/mol. The number of hydrogen-bond acceptors (Lipinski definition) is 3. The van der Waals surface area contributed by atoms with Gasteiger partial charge in [-0.2, -0.15) is 0 Å². The van der Waals surface area contributed by atoms with Gasteiger partial charge < -0.3 is 15.3 Å². The number of carbonyl (C=O) groups excluding carboxylic acids is 2. The molecular formula is C14H24N2O4. The Bertz CT molecular complexity index is 381. The Morgan fingerprint density at radius 3 is 2.55 bits per heavy atom. The van der Waals surface area contributed by atoms with Crippen molar-refractivity contribution in [3.05, 3.63) is 0 Å². The Morgan fingerprint density at radius 2 is 2.05 bits per heavy atom. The topological polar surface area (TPSA) is 86.7 Å². The summed E-state index contributed by atoms with van der Waals surface area (Å²) in [7, 11) is 0. The molecule has 2 N–H and O–H groups in total. The predicted molar refractivity (Wildman–Crippen MR) is 74.0 cm³/mol. The molecule has 0 bridgehead atoms. The van der Waals surface area contributed by atoms with Gasteiger partial charge in [-0.25, -0.2) is 4.79 Å². The van der Waals surface area contributed by atoms with E-state index in [4.69, 9.17) is 5.11 Å². The average Bonchev–Trinajstić information content (AvgIpc) is 2.51. The molecule has 1 heterocycles. The lowest BCUT2D eigenvalue weighted by Gasteiger charge is -2.25. The molecule has 0 aromatic heterocycles. The quantitative estimate of drug-likeness (QED) is 0.784. The third kappa shape index (κ3) is 4.83. The van der Waals surface area contributed by atoms with Crippen molar-refractivity contribution in [2.75, 3.05) is 13.1 Å². The highest BCUT2D eigenvalue weighted by Crippen LogP contribution is 2.25. The van der Waals surface area contributed by atoms with E-state index in [2.05, 4.69) is 19.2 Å². The number of amides is 2. The van der Waals surface area contributed by atoms with Gasteiger partial charge in [0, 0.05) is 19.9 Å². The van der Waals surface area contributed by atoms with Crippen molar-refractivity contribution in [3.63, 3.8) is 0 Å². The summed E-state index contributed by atoms with van der Waals surface area (Å²) in [6, 6.07) is -1.04. The predicted octanol–water partition coefficient (Wildman–Crippen LogP) is 0.860. The Morgan fingerprint density at radius 1 is 1.40 bits per heavy atom. The lowest BCUT2D eigenvalue weighted by Crippen LogP contribution is -2.49. The largest absolute Gasteiger partial charge is 0.480 e. The highest BCUT2D eigenvalue weighted by atomic mass is 16.4. The van der Waals surface area contributed by atoms with Gasteiger partial charge in [0.15, 0.2) is 0 Å². The summed E-state index contributed by atoms with van der Waals surface area (Å²) in [5.41, 5.74) is 0. The minimum absolute atomic E-state index is 0.0234. The van der Waals surface area contributed by atoms with E-state index in [-0.39, 0.29) is 12.5 Å². The highest BCUT2D eigenvalue weighted by molar-refractivity contribution is 5.83. The first-order chi connectivity index (χ1) is 9.31. The average molecular weight is 284 g/mol. The van der Waals surface area contributed by atoms with Crippen LogP contribution >= 0.6 is 0 Å². The number of nitrogens with one attached hydrogen (secondary N) is 1. The molecule has 2 atom stereocenters. The molecule has 2 unspecified atom stereocenters. The zero-order valence-electron chi connectivity index (χ0n) is 12.4. The number of rotatable bonds is 5. The first-order valence-electron chi connectivity index (χ1n) is 7.09. The van der Waals surface area contributed by atoms with Gasteiger partial charge in [-0.15, -0.1) is 0 Å². The summed E-state index contributed by atoms with van der Waals surface area (Å²) >= 11 is 0. The van der Waals surface area contributed by atoms with Crippen LogP contribution in [0, 0.1) is 11.8 Å². The number of hydrogen-bond donors (Lipinski definition) is 2. The number of nitrogens with zero attached hydrogens (tertiary/aromatic N) is 1. The zero-order chi connectivity index (χ0) is 15.3. The Hall–Kier alpha value is -1.59. The molecule has 0 spiro atoms. The SMILES string of the molecule is CC(=O)NC(CN1CCC(C(C)C)CCC1=O)C(=O)O. The molecule has 1 saturated heterocycles. The Labute approximate surface area is 119 Å². The molecule has 1 aliphatic rings. The van der Waals surface area contributed by atoms with Crippen LogP contribution < -0.4 is 5.32 Å². The molecule has 0 aromatic carbocycles. The fraction of sp³-hybridized carbons (Fsp3) is 0.786. The molecule has 6 heteroatoms. The summed E-state index contributed by atoms with van der Waals surface area (Å²) in [4.78, 5) is 35.7. The second-order valence-electron chi connectivity index (χ2n) is 5.76. The van der Waals surface area contributed by atoms with Gasteiger partial charge in [0.05, 0.1) is 6.54 Å². The standard InChI is InChI=1S/C14H24N2O4/c1-9(2)11-4-5-13(18)16(7-6-11)8-12(14(19)20)15-10(3)17/h9,11-12H,4-8H2,1-3H3,(H,15,17)(H,19,20). The van der Waals surface area contributed by atoms with E-state index < -0.39 is 17.9 Å². The molecule has 2 amide bonds. The molecule has 20 heavy (non-hydrogen) atoms. The van der Waals surface area contributed by atoms with Crippen LogP contribution in [-0.2, 0) is 14.4 Å². The van der Waals surface area contributed by atoms with Crippen molar-refractivity contribution in [1.82, 2.24) is 10.2 Å². The fourth-order valence-electron chi connectivity index (χ4n) is 2.57. The first-order valence-corrected chi connectivity index (χ1v) is 7.09. The minimum atomic E-state index is -1.11. The van der Waals surface area contributed by atoms with Crippen molar-refractivity contribution >= 4 is 17.8 Å². The van der Waals surface area contributed by atoms with Gasteiger partial charge in [-0.3, -0.25) is 9.59 Å². The molecule has 0 radical (unpaired) electrons. The van der Waals surface area contributed by atoms with Crippen LogP contribution in [0.4, 0.5) is 0 Å². The lowest BCUT2D eigenvalue weighted by atomic mass is 9.89. The third-order valence-corrected chi connectivity index (χ3v) is 3.87. The minimum Gasteiger partial charge on any atom is -0.480 e. The molecule has 114 valence electrons. The van der Waals surface area contributed by atoms with Gasteiger partial charge >= 0.3 is 5.97 Å². The van der Waals surface area contributed by atoms with Gasteiger partial charge in [0.1, 0.15) is 6.04 Å². The molecule has 1 aliphatic heterocycles. The van der Waals surface area contributed by atoms with E-state index in [1.165, 1.54) is 6.92 Å². The first kappa shape index (κ1) is 16.5. The highest BCUT2D eigenvalue weighted by Gasteiger charge is 2.28. The van der Waals surface area contributed by atoms with Gasteiger partial charge in [-0.1, -0.05) is 13.8 Å². The van der Waals surface area contributed by atoms with Crippen LogP contribution in [0.15, 0.2) is 0 Å². The molecule has 1 rings (SSSR count). The van der Waals surface area contributed by atoms with Crippen molar-refractivity contribution < 1.29 is 19.5 Å². The summed E-state index contributed by atoms with van der Waals surface area (Å²) in [6.07, 6.45) is 2.19. The van der Waals surface area contributed by atoms with Crippen LogP contribution in [0.2, 0.25) is 0 Å². The lowest BCUT2D eigenvalue weighted by molar-refractivity contribution is -0.143. The second kappa shape index (κ2) is 7.26. The maximum Gasteiger partial charge on any atom is 0.328 e. The van der Waals surface area contributed by atoms with Crippen molar-refractivity contribution in [1.29, 1.82) is 0 Å². The van der Waals surface area contributed by atoms with Gasteiger partial charge in [0.25, 0.3) is 0 Å². The maximum atomic E-state index is 12.0. The van der Waals surface area contributed by atoms with Crippen molar-refractivity contribution in [2.24, 2.45) is 11.8 Å². The van der Waals surface area contributed by atoms with Crippen LogP contribution in [-0.4, -0.2) is 46.9 Å². The second-order valence-corrected chi connectivity index (χ2v) is 5.76. The van der Waals surface area contributed by atoms with Crippen LogP contribution in [0.1, 0.15) is 40.0 Å². The van der Waals surface area contributed by atoms with Crippen molar-refractivity contribution in [2.45, 2.75) is 46.1 Å². The van der Waals surface area contributed by atoms with E-state index in [9.17, 15) is 14.4 Å². The Kier molecular flexibility index (Phi) is 5.98. The van der Waals surface area contributed by atoms with E-state index in [0.717, 1.165) is 12.8 Å². The molecule has 0 aliphatic carbocycles. The van der Waals surface area contributed by atoms with E-state index in [1.54, 1.807) is 4.90 Å². The zero-order valence-corrected chi connectivity index (χ0v) is 12.4. The summed E-state index contributed by atoms with van der Waals surface area (Å²) < 4.78 is 0. The number of likely N-dealkylation sites (tertiary alicyclic amines) is 1. The summed E-state index contributed by atoms with van der Waals surface area (Å²) in [5.74, 6) is -0.525. The third-order valence-electron chi connectivity index (χ3n) is 3.87. The number of carbonyl (C=O) groups is 3.